The fourth-order valence-electron chi connectivity index (χ4n) is 2.03. The highest BCUT2D eigenvalue weighted by atomic mass is 35.5. The second kappa shape index (κ2) is 6.96. The van der Waals surface area contributed by atoms with Crippen LogP contribution >= 0.6 is 46.1 Å². The number of hydrogen-bond donors (Lipinski definition) is 1. The van der Waals surface area contributed by atoms with Crippen LogP contribution in [0.15, 0.2) is 30.3 Å². The van der Waals surface area contributed by atoms with Crippen LogP contribution in [-0.2, 0) is 6.42 Å². The van der Waals surface area contributed by atoms with E-state index in [1.807, 2.05) is 24.3 Å². The predicted molar refractivity (Wildman–Crippen MR) is 85.9 cm³/mol. The summed E-state index contributed by atoms with van der Waals surface area (Å²) in [6.07, 6.45) is 0.835. The fourth-order valence-corrected chi connectivity index (χ4v) is 3.82. The van der Waals surface area contributed by atoms with Gasteiger partial charge in [-0.3, -0.25) is 0 Å². The summed E-state index contributed by atoms with van der Waals surface area (Å²) in [5, 5.41) is 4.19. The molecule has 1 atom stereocenters. The topological polar surface area (TPSA) is 12.0 Å². The molecular formula is C14H14Cl3NS. The van der Waals surface area contributed by atoms with Gasteiger partial charge in [0.05, 0.1) is 8.67 Å². The van der Waals surface area contributed by atoms with Crippen molar-refractivity contribution >= 4 is 46.1 Å². The van der Waals surface area contributed by atoms with Gasteiger partial charge >= 0.3 is 0 Å². The SMILES string of the molecule is CCNC(Cc1cccc(Cl)c1)c1cc(Cl)sc1Cl. The maximum Gasteiger partial charge on any atom is 0.0992 e. The van der Waals surface area contributed by atoms with Crippen molar-refractivity contribution in [2.45, 2.75) is 19.4 Å². The van der Waals surface area contributed by atoms with E-state index in [0.717, 1.165) is 27.9 Å². The molecule has 1 aromatic heterocycles. The first kappa shape index (κ1) is 15.1. The summed E-state index contributed by atoms with van der Waals surface area (Å²) in [7, 11) is 0. The third-order valence-corrected chi connectivity index (χ3v) is 4.59. The first-order chi connectivity index (χ1) is 9.10. The van der Waals surface area contributed by atoms with E-state index in [1.54, 1.807) is 0 Å². The van der Waals surface area contributed by atoms with E-state index < -0.39 is 0 Å². The normalized spacial score (nSPS) is 12.6. The third kappa shape index (κ3) is 4.11. The molecule has 0 amide bonds. The van der Waals surface area contributed by atoms with Crippen LogP contribution in [0.1, 0.15) is 24.1 Å². The van der Waals surface area contributed by atoms with Gasteiger partial charge in [-0.15, -0.1) is 11.3 Å². The molecule has 1 heterocycles. The van der Waals surface area contributed by atoms with Crippen LogP contribution in [0.25, 0.3) is 0 Å². The predicted octanol–water partition coefficient (Wildman–Crippen LogP) is 5.60. The van der Waals surface area contributed by atoms with E-state index >= 15 is 0 Å². The van der Waals surface area contributed by atoms with Gasteiger partial charge in [0.2, 0.25) is 0 Å². The standard InChI is InChI=1S/C14H14Cl3NS/c1-2-18-12(11-8-13(16)19-14(11)17)7-9-4-3-5-10(15)6-9/h3-6,8,12,18H,2,7H2,1H3. The summed E-state index contributed by atoms with van der Waals surface area (Å²) < 4.78 is 1.46. The summed E-state index contributed by atoms with van der Waals surface area (Å²) in [4.78, 5) is 0. The van der Waals surface area contributed by atoms with E-state index in [-0.39, 0.29) is 6.04 Å². The molecule has 0 saturated heterocycles. The summed E-state index contributed by atoms with van der Waals surface area (Å²) in [5.41, 5.74) is 2.23. The van der Waals surface area contributed by atoms with Crippen LogP contribution in [0.3, 0.4) is 0 Å². The first-order valence-corrected chi connectivity index (χ1v) is 7.97. The zero-order valence-electron chi connectivity index (χ0n) is 10.4. The molecule has 19 heavy (non-hydrogen) atoms. The highest BCUT2D eigenvalue weighted by molar-refractivity contribution is 7.20. The van der Waals surface area contributed by atoms with E-state index in [1.165, 1.54) is 16.9 Å². The van der Waals surface area contributed by atoms with Crippen molar-refractivity contribution < 1.29 is 0 Å². The molecule has 1 N–H and O–H groups in total. The van der Waals surface area contributed by atoms with Gasteiger partial charge in [0.1, 0.15) is 0 Å². The van der Waals surface area contributed by atoms with Gasteiger partial charge in [-0.05, 0) is 36.7 Å². The summed E-state index contributed by atoms with van der Waals surface area (Å²) >= 11 is 19.7. The molecule has 0 bridgehead atoms. The minimum absolute atomic E-state index is 0.153. The van der Waals surface area contributed by atoms with Crippen LogP contribution < -0.4 is 5.32 Å². The molecule has 0 radical (unpaired) electrons. The van der Waals surface area contributed by atoms with Crippen LogP contribution in [-0.4, -0.2) is 6.54 Å². The number of thiophene rings is 1. The van der Waals surface area contributed by atoms with Gasteiger partial charge in [-0.1, -0.05) is 53.9 Å². The molecule has 0 spiro atoms. The lowest BCUT2D eigenvalue weighted by Crippen LogP contribution is -2.22. The molecule has 5 heteroatoms. The second-order valence-electron chi connectivity index (χ2n) is 4.22. The van der Waals surface area contributed by atoms with Crippen molar-refractivity contribution in [1.82, 2.24) is 5.32 Å². The van der Waals surface area contributed by atoms with Crippen LogP contribution in [0.4, 0.5) is 0 Å². The quantitative estimate of drug-likeness (QED) is 0.750. The van der Waals surface area contributed by atoms with E-state index in [2.05, 4.69) is 18.3 Å². The number of hydrogen-bond acceptors (Lipinski definition) is 2. The largest absolute Gasteiger partial charge is 0.310 e. The number of likely N-dealkylation sites (N-methyl/N-ethyl adjacent to an activating group) is 1. The van der Waals surface area contributed by atoms with Crippen molar-refractivity contribution in [3.05, 3.63) is 55.2 Å². The molecule has 0 fully saturated rings. The zero-order chi connectivity index (χ0) is 13.8. The van der Waals surface area contributed by atoms with Gasteiger partial charge in [0, 0.05) is 16.6 Å². The summed E-state index contributed by atoms with van der Waals surface area (Å²) in [6.45, 7) is 2.95. The molecule has 0 aliphatic carbocycles. The molecule has 1 unspecified atom stereocenters. The maximum absolute atomic E-state index is 6.24. The van der Waals surface area contributed by atoms with Gasteiger partial charge in [-0.2, -0.15) is 0 Å². The Bertz CT molecular complexity index is 553. The van der Waals surface area contributed by atoms with Crippen LogP contribution in [0.5, 0.6) is 0 Å². The van der Waals surface area contributed by atoms with E-state index in [4.69, 9.17) is 34.8 Å². The zero-order valence-corrected chi connectivity index (χ0v) is 13.5. The molecule has 1 aromatic carbocycles. The van der Waals surface area contributed by atoms with Gasteiger partial charge in [0.15, 0.2) is 0 Å². The monoisotopic (exact) mass is 333 g/mol. The molecule has 102 valence electrons. The summed E-state index contributed by atoms with van der Waals surface area (Å²) in [6, 6.07) is 9.97. The molecule has 0 saturated carbocycles. The molecule has 0 aliphatic heterocycles. The fraction of sp³-hybridized carbons (Fsp3) is 0.286. The minimum atomic E-state index is 0.153. The molecule has 1 nitrogen and oxygen atoms in total. The smallest absolute Gasteiger partial charge is 0.0992 e. The Labute approximate surface area is 132 Å². The number of nitrogens with one attached hydrogen (secondary N) is 1. The second-order valence-corrected chi connectivity index (χ2v) is 6.95. The lowest BCUT2D eigenvalue weighted by Gasteiger charge is -2.17. The number of rotatable bonds is 5. The maximum atomic E-state index is 6.24. The van der Waals surface area contributed by atoms with Crippen molar-refractivity contribution in [2.75, 3.05) is 6.54 Å². The first-order valence-electron chi connectivity index (χ1n) is 6.02. The molecule has 2 aromatic rings. The van der Waals surface area contributed by atoms with E-state index in [0.29, 0.717) is 4.34 Å². The Hall–Kier alpha value is -0.250. The Morgan fingerprint density at radius 2 is 2.00 bits per heavy atom. The lowest BCUT2D eigenvalue weighted by atomic mass is 10.0. The van der Waals surface area contributed by atoms with Crippen molar-refractivity contribution in [3.8, 4) is 0 Å². The van der Waals surface area contributed by atoms with Crippen molar-refractivity contribution in [3.63, 3.8) is 0 Å². The van der Waals surface area contributed by atoms with Crippen LogP contribution in [0.2, 0.25) is 13.7 Å². The molecule has 2 rings (SSSR count). The average molecular weight is 335 g/mol. The third-order valence-electron chi connectivity index (χ3n) is 2.84. The Balaban J connectivity index is 2.23. The molecular weight excluding hydrogens is 321 g/mol. The molecule has 0 aliphatic rings. The average Bonchev–Trinajstić information content (AvgIpc) is 2.68. The van der Waals surface area contributed by atoms with Crippen molar-refractivity contribution in [1.29, 1.82) is 0 Å². The van der Waals surface area contributed by atoms with Crippen LogP contribution in [0, 0.1) is 0 Å². The van der Waals surface area contributed by atoms with Gasteiger partial charge in [0.25, 0.3) is 0 Å². The Morgan fingerprint density at radius 1 is 1.21 bits per heavy atom. The Kier molecular flexibility index (Phi) is 5.55. The lowest BCUT2D eigenvalue weighted by molar-refractivity contribution is 0.551. The number of halogens is 3. The van der Waals surface area contributed by atoms with Crippen molar-refractivity contribution in [2.24, 2.45) is 0 Å². The van der Waals surface area contributed by atoms with E-state index in [9.17, 15) is 0 Å². The number of benzene rings is 1. The minimum Gasteiger partial charge on any atom is -0.310 e. The highest BCUT2D eigenvalue weighted by Crippen LogP contribution is 2.36. The summed E-state index contributed by atoms with van der Waals surface area (Å²) in [5.74, 6) is 0. The van der Waals surface area contributed by atoms with Gasteiger partial charge < -0.3 is 5.32 Å². The van der Waals surface area contributed by atoms with Gasteiger partial charge in [-0.25, -0.2) is 0 Å². The Morgan fingerprint density at radius 3 is 2.58 bits per heavy atom. The highest BCUT2D eigenvalue weighted by Gasteiger charge is 2.17.